The Balaban J connectivity index is 1.84. The second-order valence-corrected chi connectivity index (χ2v) is 5.82. The predicted molar refractivity (Wildman–Crippen MR) is 67.7 cm³/mol. The number of hydrogen-bond donors (Lipinski definition) is 0. The summed E-state index contributed by atoms with van der Waals surface area (Å²) in [7, 11) is 1.97. The summed E-state index contributed by atoms with van der Waals surface area (Å²) in [5.41, 5.74) is 1.34. The molecular formula is C13H21ClN2. The molecule has 0 N–H and O–H groups in total. The van der Waals surface area contributed by atoms with Crippen LogP contribution in [-0.2, 0) is 13.5 Å². The molecule has 2 nitrogen and oxygen atoms in total. The van der Waals surface area contributed by atoms with Gasteiger partial charge < -0.3 is 0 Å². The van der Waals surface area contributed by atoms with Gasteiger partial charge in [-0.2, -0.15) is 5.10 Å². The lowest BCUT2D eigenvalue weighted by Crippen LogP contribution is -2.24. The summed E-state index contributed by atoms with van der Waals surface area (Å²) in [5.74, 6) is 1.56. The lowest BCUT2D eigenvalue weighted by Gasteiger charge is -2.31. The average Bonchev–Trinajstić information content (AvgIpc) is 2.66. The number of alkyl halides is 1. The third-order valence-corrected chi connectivity index (χ3v) is 4.29. The SMILES string of the molecule is CC1CCC(Cl)C(CCc2cnn(C)c2)C1. The Kier molecular flexibility index (Phi) is 3.91. The van der Waals surface area contributed by atoms with Crippen molar-refractivity contribution in [1.82, 2.24) is 9.78 Å². The molecule has 1 aromatic rings. The second kappa shape index (κ2) is 5.22. The van der Waals surface area contributed by atoms with E-state index >= 15 is 0 Å². The minimum Gasteiger partial charge on any atom is -0.276 e. The summed E-state index contributed by atoms with van der Waals surface area (Å²) in [4.78, 5) is 0. The van der Waals surface area contributed by atoms with E-state index in [1.54, 1.807) is 0 Å². The van der Waals surface area contributed by atoms with E-state index in [1.807, 2.05) is 17.9 Å². The van der Waals surface area contributed by atoms with E-state index in [4.69, 9.17) is 11.6 Å². The summed E-state index contributed by atoms with van der Waals surface area (Å²) in [6.45, 7) is 2.35. The lowest BCUT2D eigenvalue weighted by atomic mass is 9.79. The highest BCUT2D eigenvalue weighted by molar-refractivity contribution is 6.20. The second-order valence-electron chi connectivity index (χ2n) is 5.26. The number of rotatable bonds is 3. The minimum atomic E-state index is 0.396. The Morgan fingerprint density at radius 2 is 2.31 bits per heavy atom. The molecule has 0 amide bonds. The fourth-order valence-corrected chi connectivity index (χ4v) is 3.07. The molecule has 90 valence electrons. The zero-order chi connectivity index (χ0) is 11.5. The van der Waals surface area contributed by atoms with E-state index < -0.39 is 0 Å². The number of aromatic nitrogens is 2. The maximum atomic E-state index is 6.40. The molecule has 16 heavy (non-hydrogen) atoms. The number of hydrogen-bond acceptors (Lipinski definition) is 1. The fraction of sp³-hybridized carbons (Fsp3) is 0.769. The first-order valence-corrected chi connectivity index (χ1v) is 6.70. The van der Waals surface area contributed by atoms with Crippen molar-refractivity contribution in [1.29, 1.82) is 0 Å². The molecule has 3 unspecified atom stereocenters. The van der Waals surface area contributed by atoms with E-state index in [1.165, 1.54) is 31.2 Å². The van der Waals surface area contributed by atoms with Gasteiger partial charge in [-0.05, 0) is 49.5 Å². The van der Waals surface area contributed by atoms with Crippen molar-refractivity contribution >= 4 is 11.6 Å². The highest BCUT2D eigenvalue weighted by atomic mass is 35.5. The average molecular weight is 241 g/mol. The van der Waals surface area contributed by atoms with Crippen LogP contribution in [0.15, 0.2) is 12.4 Å². The van der Waals surface area contributed by atoms with Crippen LogP contribution in [0.3, 0.4) is 0 Å². The van der Waals surface area contributed by atoms with Crippen molar-refractivity contribution in [2.45, 2.75) is 44.4 Å². The van der Waals surface area contributed by atoms with Crippen LogP contribution in [0.5, 0.6) is 0 Å². The molecule has 0 saturated heterocycles. The van der Waals surface area contributed by atoms with Crippen molar-refractivity contribution in [3.8, 4) is 0 Å². The Morgan fingerprint density at radius 3 is 3.00 bits per heavy atom. The molecule has 0 aromatic carbocycles. The Morgan fingerprint density at radius 1 is 1.50 bits per heavy atom. The van der Waals surface area contributed by atoms with E-state index in [0.29, 0.717) is 11.3 Å². The molecule has 1 saturated carbocycles. The zero-order valence-electron chi connectivity index (χ0n) is 10.2. The van der Waals surface area contributed by atoms with Crippen LogP contribution in [0, 0.1) is 11.8 Å². The standard InChI is InChI=1S/C13H21ClN2/c1-10-3-6-13(14)12(7-10)5-4-11-8-15-16(2)9-11/h8-10,12-13H,3-7H2,1-2H3. The molecule has 0 bridgehead atoms. The maximum absolute atomic E-state index is 6.40. The molecule has 0 spiro atoms. The van der Waals surface area contributed by atoms with Crippen LogP contribution in [0.25, 0.3) is 0 Å². The van der Waals surface area contributed by atoms with Gasteiger partial charge in [-0.3, -0.25) is 4.68 Å². The van der Waals surface area contributed by atoms with Crippen LogP contribution >= 0.6 is 11.6 Å². The van der Waals surface area contributed by atoms with Gasteiger partial charge in [0.15, 0.2) is 0 Å². The third-order valence-electron chi connectivity index (χ3n) is 3.71. The summed E-state index contributed by atoms with van der Waals surface area (Å²) in [6, 6.07) is 0. The monoisotopic (exact) mass is 240 g/mol. The topological polar surface area (TPSA) is 17.8 Å². The van der Waals surface area contributed by atoms with Gasteiger partial charge in [0.05, 0.1) is 6.20 Å². The van der Waals surface area contributed by atoms with Gasteiger partial charge in [-0.25, -0.2) is 0 Å². The highest BCUT2D eigenvalue weighted by Crippen LogP contribution is 2.35. The lowest BCUT2D eigenvalue weighted by molar-refractivity contribution is 0.275. The Labute approximate surface area is 103 Å². The summed E-state index contributed by atoms with van der Waals surface area (Å²) < 4.78 is 1.87. The van der Waals surface area contributed by atoms with Crippen LogP contribution in [0.2, 0.25) is 0 Å². The predicted octanol–water partition coefficient (Wildman–Crippen LogP) is 3.40. The molecule has 3 atom stereocenters. The fourth-order valence-electron chi connectivity index (χ4n) is 2.71. The van der Waals surface area contributed by atoms with Crippen molar-refractivity contribution in [3.63, 3.8) is 0 Å². The zero-order valence-corrected chi connectivity index (χ0v) is 11.0. The number of halogens is 1. The van der Waals surface area contributed by atoms with Gasteiger partial charge in [0, 0.05) is 18.6 Å². The van der Waals surface area contributed by atoms with Crippen molar-refractivity contribution < 1.29 is 0 Å². The van der Waals surface area contributed by atoms with Crippen molar-refractivity contribution in [3.05, 3.63) is 18.0 Å². The van der Waals surface area contributed by atoms with Crippen molar-refractivity contribution in [2.24, 2.45) is 18.9 Å². The van der Waals surface area contributed by atoms with E-state index in [0.717, 1.165) is 12.3 Å². The molecule has 1 heterocycles. The maximum Gasteiger partial charge on any atom is 0.0521 e. The number of aryl methyl sites for hydroxylation is 2. The smallest absolute Gasteiger partial charge is 0.0521 e. The third kappa shape index (κ3) is 3.00. The highest BCUT2D eigenvalue weighted by Gasteiger charge is 2.26. The van der Waals surface area contributed by atoms with Gasteiger partial charge in [0.1, 0.15) is 0 Å². The summed E-state index contributed by atoms with van der Waals surface area (Å²) >= 11 is 6.40. The molecule has 1 aromatic heterocycles. The Bertz CT molecular complexity index is 334. The quantitative estimate of drug-likeness (QED) is 0.741. The van der Waals surface area contributed by atoms with Crippen molar-refractivity contribution in [2.75, 3.05) is 0 Å². The van der Waals surface area contributed by atoms with E-state index in [2.05, 4.69) is 18.2 Å². The molecule has 3 heteroatoms. The summed E-state index contributed by atoms with van der Waals surface area (Å²) in [5, 5.41) is 4.59. The van der Waals surface area contributed by atoms with Crippen LogP contribution in [0.4, 0.5) is 0 Å². The largest absolute Gasteiger partial charge is 0.276 e. The van der Waals surface area contributed by atoms with Gasteiger partial charge in [-0.1, -0.05) is 6.92 Å². The summed E-state index contributed by atoms with van der Waals surface area (Å²) in [6.07, 6.45) is 10.2. The minimum absolute atomic E-state index is 0.396. The molecule has 0 aliphatic heterocycles. The molecule has 1 aliphatic rings. The molecular weight excluding hydrogens is 220 g/mol. The van der Waals surface area contributed by atoms with Gasteiger partial charge >= 0.3 is 0 Å². The normalized spacial score (nSPS) is 30.6. The van der Waals surface area contributed by atoms with Gasteiger partial charge in [0.25, 0.3) is 0 Å². The first-order valence-electron chi connectivity index (χ1n) is 6.26. The van der Waals surface area contributed by atoms with Gasteiger partial charge in [0.2, 0.25) is 0 Å². The molecule has 1 aliphatic carbocycles. The van der Waals surface area contributed by atoms with Crippen LogP contribution < -0.4 is 0 Å². The molecule has 0 radical (unpaired) electrons. The van der Waals surface area contributed by atoms with Crippen LogP contribution in [0.1, 0.15) is 38.2 Å². The molecule has 1 fully saturated rings. The first kappa shape index (κ1) is 12.0. The first-order chi connectivity index (χ1) is 7.65. The van der Waals surface area contributed by atoms with E-state index in [9.17, 15) is 0 Å². The van der Waals surface area contributed by atoms with Crippen LogP contribution in [-0.4, -0.2) is 15.2 Å². The molecule has 2 rings (SSSR count). The number of nitrogens with zero attached hydrogens (tertiary/aromatic N) is 2. The Hall–Kier alpha value is -0.500. The van der Waals surface area contributed by atoms with Gasteiger partial charge in [-0.15, -0.1) is 11.6 Å². The van der Waals surface area contributed by atoms with E-state index in [-0.39, 0.29) is 0 Å².